The summed E-state index contributed by atoms with van der Waals surface area (Å²) in [5.41, 5.74) is 2.52. The van der Waals surface area contributed by atoms with E-state index in [2.05, 4.69) is 46.5 Å². The molecule has 1 aromatic heterocycles. The minimum atomic E-state index is 0.764. The smallest absolute Gasteiger partial charge is 0.208 e. The zero-order valence-corrected chi connectivity index (χ0v) is 13.8. The third-order valence-electron chi connectivity index (χ3n) is 2.91. The van der Waals surface area contributed by atoms with Gasteiger partial charge >= 0.3 is 0 Å². The van der Waals surface area contributed by atoms with E-state index in [0.29, 0.717) is 0 Å². The topological polar surface area (TPSA) is 30.7 Å². The second kappa shape index (κ2) is 9.05. The van der Waals surface area contributed by atoms with Gasteiger partial charge in [0, 0.05) is 5.75 Å². The van der Waals surface area contributed by atoms with Gasteiger partial charge in [0.1, 0.15) is 6.33 Å². The van der Waals surface area contributed by atoms with Gasteiger partial charge in [-0.25, -0.2) is 9.67 Å². The summed E-state index contributed by atoms with van der Waals surface area (Å²) in [6, 6.07) is 20.7. The molecule has 0 unspecified atom stereocenters. The van der Waals surface area contributed by atoms with Gasteiger partial charge in [0.25, 0.3) is 0 Å². The zero-order chi connectivity index (χ0) is 15.6. The van der Waals surface area contributed by atoms with Crippen LogP contribution in [0.5, 0.6) is 0 Å². The van der Waals surface area contributed by atoms with E-state index in [4.69, 9.17) is 0 Å². The fraction of sp³-hybridized carbons (Fsp3) is 0.222. The molecule has 0 N–H and O–H groups in total. The van der Waals surface area contributed by atoms with Gasteiger partial charge in [0.05, 0.1) is 6.54 Å². The predicted molar refractivity (Wildman–Crippen MR) is 92.9 cm³/mol. The van der Waals surface area contributed by atoms with E-state index in [1.165, 1.54) is 11.1 Å². The molecule has 0 amide bonds. The summed E-state index contributed by atoms with van der Waals surface area (Å²) in [4.78, 5) is 4.34. The second-order valence-electron chi connectivity index (χ2n) is 4.48. The summed E-state index contributed by atoms with van der Waals surface area (Å²) < 4.78 is 1.88. The van der Waals surface area contributed by atoms with E-state index in [0.717, 1.165) is 17.5 Å². The largest absolute Gasteiger partial charge is 0.247 e. The molecule has 0 aliphatic carbocycles. The lowest BCUT2D eigenvalue weighted by Gasteiger charge is -2.00. The Kier molecular flexibility index (Phi) is 6.71. The lowest BCUT2D eigenvalue weighted by Crippen LogP contribution is -1.99. The van der Waals surface area contributed by atoms with Crippen LogP contribution in [0.1, 0.15) is 25.0 Å². The molecule has 0 saturated carbocycles. The minimum Gasteiger partial charge on any atom is -0.247 e. The Morgan fingerprint density at radius 3 is 2.09 bits per heavy atom. The van der Waals surface area contributed by atoms with Crippen molar-refractivity contribution in [3.05, 3.63) is 78.1 Å². The molecule has 3 aromatic rings. The Bertz CT molecular complexity index is 650. The van der Waals surface area contributed by atoms with E-state index in [9.17, 15) is 0 Å². The summed E-state index contributed by atoms with van der Waals surface area (Å²) in [6.07, 6.45) is 1.79. The summed E-state index contributed by atoms with van der Waals surface area (Å²) in [6.45, 7) is 4.76. The van der Waals surface area contributed by atoms with Crippen LogP contribution in [-0.4, -0.2) is 14.8 Å². The standard InChI is InChI=1S/C16H15N3S.C2H6/c1-3-7-14(8-4-1)11-19-13-17-16(18-19)20-12-15-9-5-2-6-10-15;1-2/h1-10,13H,11-12H2;1-2H3. The Morgan fingerprint density at radius 2 is 1.45 bits per heavy atom. The van der Waals surface area contributed by atoms with Crippen LogP contribution in [-0.2, 0) is 12.3 Å². The van der Waals surface area contributed by atoms with Crippen molar-refractivity contribution >= 4 is 11.8 Å². The van der Waals surface area contributed by atoms with Crippen LogP contribution in [0, 0.1) is 0 Å². The molecule has 2 aromatic carbocycles. The molecule has 114 valence electrons. The molecule has 3 rings (SSSR count). The number of benzene rings is 2. The molecule has 0 atom stereocenters. The van der Waals surface area contributed by atoms with E-state index in [1.54, 1.807) is 18.1 Å². The fourth-order valence-corrected chi connectivity index (χ4v) is 2.68. The van der Waals surface area contributed by atoms with Crippen LogP contribution in [0.4, 0.5) is 0 Å². The molecule has 0 aliphatic heterocycles. The molecular formula is C18H21N3S. The minimum absolute atomic E-state index is 0.764. The molecule has 4 heteroatoms. The fourth-order valence-electron chi connectivity index (χ4n) is 1.91. The van der Waals surface area contributed by atoms with E-state index in [1.807, 2.05) is 42.8 Å². The molecule has 0 fully saturated rings. The Hall–Kier alpha value is -2.07. The highest BCUT2D eigenvalue weighted by molar-refractivity contribution is 7.98. The van der Waals surface area contributed by atoms with E-state index in [-0.39, 0.29) is 0 Å². The average molecular weight is 311 g/mol. The lowest BCUT2D eigenvalue weighted by molar-refractivity contribution is 0.666. The second-order valence-corrected chi connectivity index (χ2v) is 5.43. The van der Waals surface area contributed by atoms with Gasteiger partial charge in [-0.3, -0.25) is 0 Å². The van der Waals surface area contributed by atoms with Crippen LogP contribution in [0.15, 0.2) is 72.1 Å². The van der Waals surface area contributed by atoms with Crippen LogP contribution in [0.2, 0.25) is 0 Å². The molecule has 0 radical (unpaired) electrons. The molecule has 22 heavy (non-hydrogen) atoms. The SMILES string of the molecule is CC.c1ccc(CSc2ncn(Cc3ccccc3)n2)cc1. The number of nitrogens with zero attached hydrogens (tertiary/aromatic N) is 3. The number of thioether (sulfide) groups is 1. The van der Waals surface area contributed by atoms with Crippen molar-refractivity contribution in [3.8, 4) is 0 Å². The summed E-state index contributed by atoms with van der Waals surface area (Å²) in [7, 11) is 0. The van der Waals surface area contributed by atoms with E-state index < -0.39 is 0 Å². The lowest BCUT2D eigenvalue weighted by atomic mass is 10.2. The molecule has 0 spiro atoms. The number of rotatable bonds is 5. The monoisotopic (exact) mass is 311 g/mol. The third kappa shape index (κ3) is 5.04. The zero-order valence-electron chi connectivity index (χ0n) is 13.0. The normalized spacial score (nSPS) is 9.91. The molecule has 0 aliphatic rings. The maximum Gasteiger partial charge on any atom is 0.208 e. The van der Waals surface area contributed by atoms with Gasteiger partial charge in [-0.1, -0.05) is 86.3 Å². The van der Waals surface area contributed by atoms with Crippen molar-refractivity contribution < 1.29 is 0 Å². The first kappa shape index (κ1) is 16.3. The van der Waals surface area contributed by atoms with Crippen molar-refractivity contribution in [2.24, 2.45) is 0 Å². The Morgan fingerprint density at radius 1 is 0.864 bits per heavy atom. The molecular weight excluding hydrogens is 290 g/mol. The van der Waals surface area contributed by atoms with E-state index >= 15 is 0 Å². The van der Waals surface area contributed by atoms with Crippen molar-refractivity contribution in [1.29, 1.82) is 0 Å². The van der Waals surface area contributed by atoms with Crippen LogP contribution < -0.4 is 0 Å². The summed E-state index contributed by atoms with van der Waals surface area (Å²) in [5.74, 6) is 0.899. The van der Waals surface area contributed by atoms with Gasteiger partial charge in [-0.15, -0.1) is 5.10 Å². The predicted octanol–water partition coefficient (Wildman–Crippen LogP) is 4.64. The van der Waals surface area contributed by atoms with Crippen molar-refractivity contribution in [1.82, 2.24) is 14.8 Å². The van der Waals surface area contributed by atoms with Crippen LogP contribution in [0.25, 0.3) is 0 Å². The van der Waals surface area contributed by atoms with Crippen LogP contribution in [0.3, 0.4) is 0 Å². The summed E-state index contributed by atoms with van der Waals surface area (Å²) in [5, 5.41) is 5.31. The third-order valence-corrected chi connectivity index (χ3v) is 3.84. The quantitative estimate of drug-likeness (QED) is 0.643. The first-order valence-electron chi connectivity index (χ1n) is 7.50. The van der Waals surface area contributed by atoms with Crippen molar-refractivity contribution in [2.75, 3.05) is 0 Å². The van der Waals surface area contributed by atoms with Gasteiger partial charge in [0.15, 0.2) is 0 Å². The highest BCUT2D eigenvalue weighted by Gasteiger charge is 2.03. The molecule has 0 saturated heterocycles. The van der Waals surface area contributed by atoms with Crippen molar-refractivity contribution in [2.45, 2.75) is 31.3 Å². The average Bonchev–Trinajstić information content (AvgIpc) is 3.04. The first-order valence-corrected chi connectivity index (χ1v) is 8.49. The number of hydrogen-bond donors (Lipinski definition) is 0. The first-order chi connectivity index (χ1) is 10.9. The van der Waals surface area contributed by atoms with Gasteiger partial charge < -0.3 is 0 Å². The maximum absolute atomic E-state index is 4.49. The summed E-state index contributed by atoms with van der Waals surface area (Å²) >= 11 is 1.66. The Balaban J connectivity index is 0.000000847. The maximum atomic E-state index is 4.49. The highest BCUT2D eigenvalue weighted by atomic mass is 32.2. The molecule has 1 heterocycles. The molecule has 0 bridgehead atoms. The number of hydrogen-bond acceptors (Lipinski definition) is 3. The van der Waals surface area contributed by atoms with Gasteiger partial charge in [-0.2, -0.15) is 0 Å². The Labute approximate surface area is 136 Å². The van der Waals surface area contributed by atoms with Gasteiger partial charge in [0.2, 0.25) is 5.16 Å². The highest BCUT2D eigenvalue weighted by Crippen LogP contribution is 2.18. The van der Waals surface area contributed by atoms with Crippen molar-refractivity contribution in [3.63, 3.8) is 0 Å². The van der Waals surface area contributed by atoms with Gasteiger partial charge in [-0.05, 0) is 11.1 Å². The number of aromatic nitrogens is 3. The van der Waals surface area contributed by atoms with Crippen LogP contribution >= 0.6 is 11.8 Å². The molecule has 3 nitrogen and oxygen atoms in total.